The Morgan fingerprint density at radius 1 is 1.05 bits per heavy atom. The number of piperazine rings is 1. The second-order valence-electron chi connectivity index (χ2n) is 4.97. The van der Waals surface area contributed by atoms with Gasteiger partial charge >= 0.3 is 5.69 Å². The fourth-order valence-corrected chi connectivity index (χ4v) is 2.45. The number of aromatic amines is 2. The van der Waals surface area contributed by atoms with E-state index in [0.717, 1.165) is 5.69 Å². The van der Waals surface area contributed by atoms with E-state index >= 15 is 0 Å². The van der Waals surface area contributed by atoms with Crippen molar-refractivity contribution in [1.82, 2.24) is 20.1 Å². The molecule has 0 saturated carbocycles. The molecule has 0 bridgehead atoms. The summed E-state index contributed by atoms with van der Waals surface area (Å²) in [6, 6.07) is 9.93. The van der Waals surface area contributed by atoms with Crippen LogP contribution in [-0.4, -0.2) is 52.2 Å². The van der Waals surface area contributed by atoms with Crippen LogP contribution in [0.4, 0.5) is 5.69 Å². The smallest absolute Gasteiger partial charge is 0.342 e. The fraction of sp³-hybridized carbons (Fsp3) is 0.286. The number of carbonyl (C=O) groups excluding carboxylic acids is 1. The van der Waals surface area contributed by atoms with Gasteiger partial charge in [0.25, 0.3) is 11.5 Å². The van der Waals surface area contributed by atoms with Crippen LogP contribution < -0.4 is 16.1 Å². The van der Waals surface area contributed by atoms with Crippen LogP contribution in [0.15, 0.2) is 39.9 Å². The number of amides is 1. The van der Waals surface area contributed by atoms with Crippen molar-refractivity contribution in [1.29, 1.82) is 0 Å². The Labute approximate surface area is 125 Å². The summed E-state index contributed by atoms with van der Waals surface area (Å²) >= 11 is 0. The van der Waals surface area contributed by atoms with E-state index in [1.807, 2.05) is 35.3 Å². The molecule has 8 heteroatoms. The van der Waals surface area contributed by atoms with Crippen molar-refractivity contribution in [3.8, 4) is 0 Å². The lowest BCUT2D eigenvalue weighted by atomic mass is 10.2. The Morgan fingerprint density at radius 2 is 1.73 bits per heavy atom. The van der Waals surface area contributed by atoms with Crippen LogP contribution in [-0.2, 0) is 0 Å². The number of para-hydroxylation sites is 1. The van der Waals surface area contributed by atoms with E-state index in [1.54, 1.807) is 4.90 Å². The molecule has 0 atom stereocenters. The molecule has 1 aromatic carbocycles. The molecule has 0 aliphatic carbocycles. The van der Waals surface area contributed by atoms with Crippen molar-refractivity contribution >= 4 is 11.6 Å². The Kier molecular flexibility index (Phi) is 3.73. The van der Waals surface area contributed by atoms with Gasteiger partial charge in [-0.2, -0.15) is 5.10 Å². The first-order valence-corrected chi connectivity index (χ1v) is 6.93. The van der Waals surface area contributed by atoms with Crippen LogP contribution >= 0.6 is 0 Å². The number of nitrogens with zero attached hydrogens (tertiary/aromatic N) is 3. The fourth-order valence-electron chi connectivity index (χ4n) is 2.45. The molecular formula is C14H15N5O3. The third kappa shape index (κ3) is 2.76. The van der Waals surface area contributed by atoms with E-state index in [2.05, 4.69) is 15.1 Å². The molecule has 1 aliphatic rings. The molecule has 0 spiro atoms. The molecule has 1 amide bonds. The van der Waals surface area contributed by atoms with Crippen LogP contribution in [0.5, 0.6) is 0 Å². The zero-order valence-electron chi connectivity index (χ0n) is 11.8. The van der Waals surface area contributed by atoms with Crippen LogP contribution in [0.3, 0.4) is 0 Å². The summed E-state index contributed by atoms with van der Waals surface area (Å²) in [5, 5.41) is 5.62. The number of nitrogens with one attached hydrogen (secondary N) is 2. The minimum absolute atomic E-state index is 0.284. The molecule has 22 heavy (non-hydrogen) atoms. The predicted molar refractivity (Wildman–Crippen MR) is 80.0 cm³/mol. The van der Waals surface area contributed by atoms with Gasteiger partial charge in [-0.25, -0.2) is 9.89 Å². The molecule has 0 radical (unpaired) electrons. The molecule has 2 N–H and O–H groups in total. The molecule has 3 rings (SSSR count). The van der Waals surface area contributed by atoms with Gasteiger partial charge in [-0.1, -0.05) is 18.2 Å². The summed E-state index contributed by atoms with van der Waals surface area (Å²) in [4.78, 5) is 40.6. The number of anilines is 1. The SMILES string of the molecule is O=C(c1n[nH]c(=O)[nH]c1=O)N1CCN(c2ccccc2)CC1. The standard InChI is InChI=1S/C14H15N5O3/c20-12-11(16-17-14(22)15-12)13(21)19-8-6-18(7-9-19)10-4-2-1-3-5-10/h1-5H,6-9H2,(H2,15,17,20,22). The van der Waals surface area contributed by atoms with Crippen LogP contribution in [0.25, 0.3) is 0 Å². The Balaban J connectivity index is 1.70. The van der Waals surface area contributed by atoms with Gasteiger partial charge in [-0.15, -0.1) is 0 Å². The minimum atomic E-state index is -0.765. The van der Waals surface area contributed by atoms with E-state index in [1.165, 1.54) is 0 Å². The number of benzene rings is 1. The van der Waals surface area contributed by atoms with Gasteiger partial charge in [-0.3, -0.25) is 14.6 Å². The number of hydrogen-bond donors (Lipinski definition) is 2. The summed E-state index contributed by atoms with van der Waals surface area (Å²) in [5.74, 6) is -0.467. The average molecular weight is 301 g/mol. The molecule has 1 saturated heterocycles. The zero-order valence-corrected chi connectivity index (χ0v) is 11.8. The van der Waals surface area contributed by atoms with Gasteiger partial charge in [0.05, 0.1) is 0 Å². The van der Waals surface area contributed by atoms with Gasteiger partial charge in [0, 0.05) is 31.9 Å². The quantitative estimate of drug-likeness (QED) is 0.772. The van der Waals surface area contributed by atoms with Gasteiger partial charge in [0.15, 0.2) is 0 Å². The van der Waals surface area contributed by atoms with Crippen molar-refractivity contribution in [3.63, 3.8) is 0 Å². The van der Waals surface area contributed by atoms with Crippen molar-refractivity contribution in [2.24, 2.45) is 0 Å². The first kappa shape index (κ1) is 14.1. The van der Waals surface area contributed by atoms with Crippen molar-refractivity contribution in [2.45, 2.75) is 0 Å². The number of carbonyl (C=O) groups is 1. The van der Waals surface area contributed by atoms with Crippen molar-refractivity contribution in [3.05, 3.63) is 56.9 Å². The molecule has 2 heterocycles. The normalized spacial score (nSPS) is 14.9. The summed E-state index contributed by atoms with van der Waals surface area (Å²) in [6.45, 7) is 2.34. The highest BCUT2D eigenvalue weighted by Gasteiger charge is 2.25. The second kappa shape index (κ2) is 5.84. The van der Waals surface area contributed by atoms with Gasteiger partial charge in [0.1, 0.15) is 0 Å². The molecule has 2 aromatic rings. The Bertz CT molecular complexity index is 775. The minimum Gasteiger partial charge on any atom is -0.368 e. The van der Waals surface area contributed by atoms with Crippen molar-refractivity contribution < 1.29 is 4.79 Å². The monoisotopic (exact) mass is 301 g/mol. The number of hydrogen-bond acceptors (Lipinski definition) is 5. The summed E-state index contributed by atoms with van der Waals surface area (Å²) in [6.07, 6.45) is 0. The third-order valence-corrected chi connectivity index (χ3v) is 3.60. The molecule has 114 valence electrons. The number of rotatable bonds is 2. The van der Waals surface area contributed by atoms with Crippen molar-refractivity contribution in [2.75, 3.05) is 31.1 Å². The number of H-pyrrole nitrogens is 2. The summed E-state index contributed by atoms with van der Waals surface area (Å²) in [7, 11) is 0. The zero-order chi connectivity index (χ0) is 15.5. The summed E-state index contributed by atoms with van der Waals surface area (Å²) < 4.78 is 0. The number of aromatic nitrogens is 3. The Hall–Kier alpha value is -2.90. The van der Waals surface area contributed by atoms with E-state index < -0.39 is 17.2 Å². The van der Waals surface area contributed by atoms with Gasteiger partial charge in [0.2, 0.25) is 5.69 Å². The van der Waals surface area contributed by atoms with Gasteiger partial charge < -0.3 is 9.80 Å². The molecule has 1 aliphatic heterocycles. The lowest BCUT2D eigenvalue weighted by Gasteiger charge is -2.35. The maximum absolute atomic E-state index is 12.3. The van der Waals surface area contributed by atoms with E-state index in [9.17, 15) is 14.4 Å². The summed E-state index contributed by atoms with van der Waals surface area (Å²) in [5.41, 5.74) is -0.669. The highest BCUT2D eigenvalue weighted by molar-refractivity contribution is 5.91. The molecule has 1 fully saturated rings. The van der Waals surface area contributed by atoms with Crippen LogP contribution in [0.1, 0.15) is 10.5 Å². The first-order chi connectivity index (χ1) is 10.6. The molecule has 1 aromatic heterocycles. The first-order valence-electron chi connectivity index (χ1n) is 6.93. The Morgan fingerprint density at radius 3 is 2.36 bits per heavy atom. The van der Waals surface area contributed by atoms with Crippen LogP contribution in [0, 0.1) is 0 Å². The second-order valence-corrected chi connectivity index (χ2v) is 4.97. The lowest BCUT2D eigenvalue weighted by Crippen LogP contribution is -2.50. The maximum Gasteiger partial charge on any atom is 0.342 e. The van der Waals surface area contributed by atoms with E-state index in [4.69, 9.17) is 0 Å². The molecule has 8 nitrogen and oxygen atoms in total. The highest BCUT2D eigenvalue weighted by Crippen LogP contribution is 2.15. The van der Waals surface area contributed by atoms with E-state index in [0.29, 0.717) is 26.2 Å². The topological polar surface area (TPSA) is 102 Å². The largest absolute Gasteiger partial charge is 0.368 e. The predicted octanol–water partition coefficient (Wildman–Crippen LogP) is -0.579. The third-order valence-electron chi connectivity index (χ3n) is 3.60. The molecule has 0 unspecified atom stereocenters. The lowest BCUT2D eigenvalue weighted by molar-refractivity contribution is 0.0737. The van der Waals surface area contributed by atoms with E-state index in [-0.39, 0.29) is 5.69 Å². The molecular weight excluding hydrogens is 286 g/mol. The average Bonchev–Trinajstić information content (AvgIpc) is 2.55. The van der Waals surface area contributed by atoms with Crippen LogP contribution in [0.2, 0.25) is 0 Å². The highest BCUT2D eigenvalue weighted by atomic mass is 16.2. The van der Waals surface area contributed by atoms with Gasteiger partial charge in [-0.05, 0) is 12.1 Å². The maximum atomic E-state index is 12.3.